The number of halogens is 2. The molecule has 0 fully saturated rings. The summed E-state index contributed by atoms with van der Waals surface area (Å²) in [6, 6.07) is 0. The van der Waals surface area contributed by atoms with E-state index in [1.54, 1.807) is 0 Å². The Kier molecular flexibility index (Phi) is 3.40. The lowest BCUT2D eigenvalue weighted by molar-refractivity contribution is 0.147. The van der Waals surface area contributed by atoms with Crippen LogP contribution in [0.3, 0.4) is 0 Å². The second kappa shape index (κ2) is 4.35. The average molecular weight is 192 g/mol. The Balaban J connectivity index is 2.52. The van der Waals surface area contributed by atoms with Gasteiger partial charge in [-0.05, 0) is 6.42 Å². The Morgan fingerprint density at radius 2 is 2.42 bits per heavy atom. The van der Waals surface area contributed by atoms with Gasteiger partial charge in [0, 0.05) is 11.9 Å². The summed E-state index contributed by atoms with van der Waals surface area (Å²) >= 11 is 1.22. The molecule has 0 unspecified atom stereocenters. The third-order valence-electron chi connectivity index (χ3n) is 1.27. The number of nitrogens with zero attached hydrogens (tertiary/aromatic N) is 1. The maximum absolute atomic E-state index is 12.0. The standard InChI is InChI=1S/C7H10F2N2S/c1-2-3-10-7-11-5(4-12-7)6(8)9/h4,6H,2-3H2,1H3,(H,10,11). The van der Waals surface area contributed by atoms with Crippen molar-refractivity contribution >= 4 is 16.5 Å². The molecule has 0 saturated carbocycles. The van der Waals surface area contributed by atoms with Gasteiger partial charge in [0.25, 0.3) is 6.43 Å². The summed E-state index contributed by atoms with van der Waals surface area (Å²) in [4.78, 5) is 3.70. The molecule has 1 aromatic rings. The number of rotatable bonds is 4. The van der Waals surface area contributed by atoms with Crippen LogP contribution >= 0.6 is 11.3 Å². The van der Waals surface area contributed by atoms with Crippen LogP contribution in [0.15, 0.2) is 5.38 Å². The summed E-state index contributed by atoms with van der Waals surface area (Å²) < 4.78 is 24.0. The van der Waals surface area contributed by atoms with E-state index in [0.29, 0.717) is 5.13 Å². The molecule has 0 atom stereocenters. The highest BCUT2D eigenvalue weighted by Crippen LogP contribution is 2.23. The molecule has 1 rings (SSSR count). The first-order valence-corrected chi connectivity index (χ1v) is 4.59. The second-order valence-corrected chi connectivity index (χ2v) is 3.16. The van der Waals surface area contributed by atoms with Crippen molar-refractivity contribution in [2.24, 2.45) is 0 Å². The average Bonchev–Trinajstić information content (AvgIpc) is 2.48. The summed E-state index contributed by atoms with van der Waals surface area (Å²) in [5, 5.41) is 4.90. The number of alkyl halides is 2. The van der Waals surface area contributed by atoms with Gasteiger partial charge in [-0.15, -0.1) is 11.3 Å². The number of aromatic nitrogens is 1. The quantitative estimate of drug-likeness (QED) is 0.793. The van der Waals surface area contributed by atoms with Gasteiger partial charge < -0.3 is 5.32 Å². The fourth-order valence-electron chi connectivity index (χ4n) is 0.700. The minimum atomic E-state index is -2.46. The van der Waals surface area contributed by atoms with E-state index in [-0.39, 0.29) is 5.69 Å². The van der Waals surface area contributed by atoms with Crippen LogP contribution in [-0.2, 0) is 0 Å². The van der Waals surface area contributed by atoms with Crippen molar-refractivity contribution in [3.63, 3.8) is 0 Å². The molecular weight excluding hydrogens is 182 g/mol. The van der Waals surface area contributed by atoms with Crippen LogP contribution in [0.2, 0.25) is 0 Å². The summed E-state index contributed by atoms with van der Waals surface area (Å²) in [5.74, 6) is 0. The lowest BCUT2D eigenvalue weighted by atomic mass is 10.5. The zero-order valence-corrected chi connectivity index (χ0v) is 7.50. The molecule has 68 valence electrons. The van der Waals surface area contributed by atoms with Crippen LogP contribution in [0.4, 0.5) is 13.9 Å². The lowest BCUT2D eigenvalue weighted by Crippen LogP contribution is -1.99. The van der Waals surface area contributed by atoms with E-state index in [4.69, 9.17) is 0 Å². The molecule has 0 aromatic carbocycles. The number of hydrogen-bond acceptors (Lipinski definition) is 3. The van der Waals surface area contributed by atoms with Gasteiger partial charge in [-0.2, -0.15) is 0 Å². The molecule has 0 aliphatic heterocycles. The van der Waals surface area contributed by atoms with Crippen LogP contribution in [0.1, 0.15) is 25.5 Å². The molecule has 1 N–H and O–H groups in total. The monoisotopic (exact) mass is 192 g/mol. The minimum absolute atomic E-state index is 0.140. The first-order valence-electron chi connectivity index (χ1n) is 3.71. The zero-order chi connectivity index (χ0) is 8.97. The van der Waals surface area contributed by atoms with Gasteiger partial charge in [-0.25, -0.2) is 13.8 Å². The van der Waals surface area contributed by atoms with Crippen molar-refractivity contribution < 1.29 is 8.78 Å². The molecular formula is C7H10F2N2S. The summed E-state index contributed by atoms with van der Waals surface area (Å²) in [6.07, 6.45) is -1.50. The summed E-state index contributed by atoms with van der Waals surface area (Å²) in [5.41, 5.74) is -0.140. The van der Waals surface area contributed by atoms with Crippen LogP contribution in [0, 0.1) is 0 Å². The van der Waals surface area contributed by atoms with Crippen molar-refractivity contribution in [3.8, 4) is 0 Å². The zero-order valence-electron chi connectivity index (χ0n) is 6.68. The number of thiazole rings is 1. The predicted octanol–water partition coefficient (Wildman–Crippen LogP) is 2.90. The maximum Gasteiger partial charge on any atom is 0.281 e. The Morgan fingerprint density at radius 3 is 2.92 bits per heavy atom. The van der Waals surface area contributed by atoms with Gasteiger partial charge in [0.1, 0.15) is 5.69 Å². The van der Waals surface area contributed by atoms with Crippen molar-refractivity contribution in [1.82, 2.24) is 4.98 Å². The second-order valence-electron chi connectivity index (χ2n) is 2.30. The van der Waals surface area contributed by atoms with E-state index in [0.717, 1.165) is 13.0 Å². The highest BCUT2D eigenvalue weighted by Gasteiger charge is 2.10. The first-order chi connectivity index (χ1) is 5.74. The molecule has 12 heavy (non-hydrogen) atoms. The van der Waals surface area contributed by atoms with Crippen molar-refractivity contribution in [2.45, 2.75) is 19.8 Å². The Labute approximate surface area is 73.6 Å². The molecule has 0 amide bonds. The van der Waals surface area contributed by atoms with Crippen LogP contribution in [-0.4, -0.2) is 11.5 Å². The molecule has 5 heteroatoms. The van der Waals surface area contributed by atoms with Gasteiger partial charge in [-0.3, -0.25) is 0 Å². The summed E-state index contributed by atoms with van der Waals surface area (Å²) in [7, 11) is 0. The van der Waals surface area contributed by atoms with Gasteiger partial charge >= 0.3 is 0 Å². The number of anilines is 1. The van der Waals surface area contributed by atoms with E-state index in [1.807, 2.05) is 6.92 Å². The third-order valence-corrected chi connectivity index (χ3v) is 2.09. The number of hydrogen-bond donors (Lipinski definition) is 1. The normalized spacial score (nSPS) is 10.7. The number of nitrogens with one attached hydrogen (secondary N) is 1. The highest BCUT2D eigenvalue weighted by atomic mass is 32.1. The molecule has 0 saturated heterocycles. The van der Waals surface area contributed by atoms with Gasteiger partial charge in [-0.1, -0.05) is 6.92 Å². The SMILES string of the molecule is CCCNc1nc(C(F)F)cs1. The van der Waals surface area contributed by atoms with Gasteiger partial charge in [0.2, 0.25) is 0 Å². The molecule has 1 aromatic heterocycles. The molecule has 0 bridgehead atoms. The molecule has 2 nitrogen and oxygen atoms in total. The third kappa shape index (κ3) is 2.41. The minimum Gasteiger partial charge on any atom is -0.362 e. The van der Waals surface area contributed by atoms with E-state index < -0.39 is 6.43 Å². The molecule has 0 spiro atoms. The highest BCUT2D eigenvalue weighted by molar-refractivity contribution is 7.13. The van der Waals surface area contributed by atoms with Crippen molar-refractivity contribution in [3.05, 3.63) is 11.1 Å². The van der Waals surface area contributed by atoms with Gasteiger partial charge in [0.15, 0.2) is 5.13 Å². The van der Waals surface area contributed by atoms with E-state index in [2.05, 4.69) is 10.3 Å². The van der Waals surface area contributed by atoms with E-state index in [1.165, 1.54) is 16.7 Å². The van der Waals surface area contributed by atoms with Crippen molar-refractivity contribution in [1.29, 1.82) is 0 Å². The fourth-order valence-corrected chi connectivity index (χ4v) is 1.43. The van der Waals surface area contributed by atoms with Crippen LogP contribution < -0.4 is 5.32 Å². The largest absolute Gasteiger partial charge is 0.362 e. The van der Waals surface area contributed by atoms with Crippen LogP contribution in [0.25, 0.3) is 0 Å². The summed E-state index contributed by atoms with van der Waals surface area (Å²) in [6.45, 7) is 2.78. The van der Waals surface area contributed by atoms with E-state index in [9.17, 15) is 8.78 Å². The lowest BCUT2D eigenvalue weighted by Gasteiger charge is -1.96. The predicted molar refractivity (Wildman–Crippen MR) is 45.9 cm³/mol. The Bertz CT molecular complexity index is 237. The molecule has 0 aliphatic rings. The van der Waals surface area contributed by atoms with Gasteiger partial charge in [0.05, 0.1) is 0 Å². The first kappa shape index (κ1) is 9.38. The molecule has 0 radical (unpaired) electrons. The molecule has 1 heterocycles. The van der Waals surface area contributed by atoms with E-state index >= 15 is 0 Å². The topological polar surface area (TPSA) is 24.9 Å². The molecule has 0 aliphatic carbocycles. The van der Waals surface area contributed by atoms with Crippen molar-refractivity contribution in [2.75, 3.05) is 11.9 Å². The van der Waals surface area contributed by atoms with Crippen LogP contribution in [0.5, 0.6) is 0 Å². The smallest absolute Gasteiger partial charge is 0.281 e. The maximum atomic E-state index is 12.0. The Morgan fingerprint density at radius 1 is 1.67 bits per heavy atom. The Hall–Kier alpha value is -0.710. The fraction of sp³-hybridized carbons (Fsp3) is 0.571.